The highest BCUT2D eigenvalue weighted by atomic mass is 35.5. The molecule has 1 saturated heterocycles. The van der Waals surface area contributed by atoms with E-state index in [0.29, 0.717) is 54.5 Å². The zero-order valence-corrected chi connectivity index (χ0v) is 19.7. The Morgan fingerprint density at radius 2 is 1.69 bits per heavy atom. The molecular weight excluding hydrogens is 446 g/mol. The molecule has 0 saturated carbocycles. The van der Waals surface area contributed by atoms with Crippen molar-refractivity contribution < 1.29 is 13.2 Å². The van der Waals surface area contributed by atoms with Gasteiger partial charge in [0.15, 0.2) is 0 Å². The number of hydrogen-bond acceptors (Lipinski definition) is 4. The highest BCUT2D eigenvalue weighted by Gasteiger charge is 2.35. The molecule has 0 atom stereocenters. The maximum atomic E-state index is 12.8. The van der Waals surface area contributed by atoms with Gasteiger partial charge in [0.2, 0.25) is 5.91 Å². The van der Waals surface area contributed by atoms with Gasteiger partial charge in [-0.15, -0.1) is 4.40 Å². The molecule has 0 spiro atoms. The van der Waals surface area contributed by atoms with Crippen LogP contribution >= 0.6 is 11.6 Å². The van der Waals surface area contributed by atoms with E-state index < -0.39 is 10.0 Å². The lowest BCUT2D eigenvalue weighted by molar-refractivity contribution is -0.126. The smallest absolute Gasteiger partial charge is 0.285 e. The monoisotopic (exact) mass is 471 g/mol. The van der Waals surface area contributed by atoms with Gasteiger partial charge in [0.1, 0.15) is 10.7 Å². The van der Waals surface area contributed by atoms with E-state index in [0.717, 1.165) is 5.56 Å². The first-order chi connectivity index (χ1) is 15.2. The van der Waals surface area contributed by atoms with E-state index in [1.54, 1.807) is 31.2 Å². The van der Waals surface area contributed by atoms with E-state index in [2.05, 4.69) is 9.71 Å². The molecule has 0 radical (unpaired) electrons. The summed E-state index contributed by atoms with van der Waals surface area (Å²) in [5, 5.41) is 3.57. The summed E-state index contributed by atoms with van der Waals surface area (Å²) in [6.45, 7) is 5.50. The average Bonchev–Trinajstić information content (AvgIpc) is 3.02. The molecule has 168 valence electrons. The number of halogens is 1. The molecule has 2 aliphatic rings. The molecule has 1 fully saturated rings. The van der Waals surface area contributed by atoms with Crippen LogP contribution in [0.3, 0.4) is 0 Å². The Kier molecular flexibility index (Phi) is 6.40. The predicted octanol–water partition coefficient (Wildman–Crippen LogP) is 4.15. The number of hydrogen-bond donors (Lipinski definition) is 1. The van der Waals surface area contributed by atoms with Crippen LogP contribution in [-0.2, 0) is 21.4 Å². The molecule has 2 aromatic carbocycles. The Bertz CT molecular complexity index is 1180. The molecule has 1 N–H and O–H groups in total. The molecule has 2 heterocycles. The summed E-state index contributed by atoms with van der Waals surface area (Å²) in [4.78, 5) is 14.8. The number of likely N-dealkylation sites (tertiary alicyclic amines) is 1. The van der Waals surface area contributed by atoms with Crippen molar-refractivity contribution in [3.05, 3.63) is 75.8 Å². The van der Waals surface area contributed by atoms with Gasteiger partial charge in [-0.05, 0) is 49.9 Å². The average molecular weight is 472 g/mol. The minimum Gasteiger partial charge on any atom is -0.356 e. The summed E-state index contributed by atoms with van der Waals surface area (Å²) in [6, 6.07) is 14.8. The van der Waals surface area contributed by atoms with Gasteiger partial charge in [-0.1, -0.05) is 53.6 Å². The van der Waals surface area contributed by atoms with E-state index in [-0.39, 0.29) is 16.7 Å². The van der Waals surface area contributed by atoms with E-state index in [4.69, 9.17) is 11.6 Å². The largest absolute Gasteiger partial charge is 0.356 e. The standard InChI is InChI=1S/C24H26ClN3O3S/c1-16-3-5-18(6-4-16)15-26-24(29)20-11-13-28(14-12-20)23-17(2)22(32(30,31)27-23)19-7-9-21(25)10-8-19/h3-10,20H,11-15H2,1-2H3,(H,26,29). The van der Waals surface area contributed by atoms with E-state index >= 15 is 0 Å². The zero-order chi connectivity index (χ0) is 22.9. The van der Waals surface area contributed by atoms with E-state index in [1.807, 2.05) is 36.1 Å². The Labute approximate surface area is 194 Å². The van der Waals surface area contributed by atoms with E-state index in [9.17, 15) is 13.2 Å². The van der Waals surface area contributed by atoms with Gasteiger partial charge >= 0.3 is 0 Å². The minimum absolute atomic E-state index is 0.0420. The van der Waals surface area contributed by atoms with Crippen LogP contribution in [0.2, 0.25) is 5.02 Å². The second-order valence-corrected chi connectivity index (χ2v) is 10.3. The molecule has 32 heavy (non-hydrogen) atoms. The van der Waals surface area contributed by atoms with Gasteiger partial charge in [0.25, 0.3) is 10.0 Å². The van der Waals surface area contributed by atoms with E-state index in [1.165, 1.54) is 5.56 Å². The number of nitrogens with zero attached hydrogens (tertiary/aromatic N) is 2. The second-order valence-electron chi connectivity index (χ2n) is 8.32. The summed E-state index contributed by atoms with van der Waals surface area (Å²) in [5.74, 6) is 0.434. The van der Waals surface area contributed by atoms with Crippen molar-refractivity contribution in [2.45, 2.75) is 33.2 Å². The number of amidine groups is 1. The molecule has 0 bridgehead atoms. The van der Waals surface area contributed by atoms with Crippen molar-refractivity contribution >= 4 is 38.3 Å². The van der Waals surface area contributed by atoms with Crippen LogP contribution in [0.5, 0.6) is 0 Å². The number of piperidine rings is 1. The molecule has 4 rings (SSSR count). The fraction of sp³-hybridized carbons (Fsp3) is 0.333. The van der Waals surface area contributed by atoms with Crippen LogP contribution in [0.25, 0.3) is 4.91 Å². The van der Waals surface area contributed by atoms with Crippen LogP contribution in [0, 0.1) is 12.8 Å². The Morgan fingerprint density at radius 1 is 1.06 bits per heavy atom. The van der Waals surface area contributed by atoms with Crippen molar-refractivity contribution in [1.29, 1.82) is 0 Å². The predicted molar refractivity (Wildman–Crippen MR) is 128 cm³/mol. The van der Waals surface area contributed by atoms with Crippen LogP contribution in [-0.4, -0.2) is 38.2 Å². The molecule has 0 unspecified atom stereocenters. The van der Waals surface area contributed by atoms with Gasteiger partial charge in [0, 0.05) is 36.1 Å². The molecule has 1 amide bonds. The van der Waals surface area contributed by atoms with Crippen LogP contribution in [0.1, 0.15) is 36.5 Å². The third-order valence-corrected chi connectivity index (χ3v) is 7.72. The summed E-state index contributed by atoms with van der Waals surface area (Å²) >= 11 is 5.94. The number of rotatable bonds is 4. The Balaban J connectivity index is 1.40. The molecule has 6 nitrogen and oxygen atoms in total. The lowest BCUT2D eigenvalue weighted by atomic mass is 9.95. The quantitative estimate of drug-likeness (QED) is 0.726. The molecule has 2 aromatic rings. The normalized spacial score (nSPS) is 18.6. The summed E-state index contributed by atoms with van der Waals surface area (Å²) < 4.78 is 29.6. The first-order valence-electron chi connectivity index (χ1n) is 10.6. The van der Waals surface area contributed by atoms with Crippen molar-refractivity contribution in [2.24, 2.45) is 10.3 Å². The topological polar surface area (TPSA) is 78.8 Å². The highest BCUT2D eigenvalue weighted by Crippen LogP contribution is 2.35. The number of aryl methyl sites for hydroxylation is 1. The van der Waals surface area contributed by atoms with Gasteiger partial charge in [-0.25, -0.2) is 0 Å². The maximum Gasteiger partial charge on any atom is 0.285 e. The van der Waals surface area contributed by atoms with Crippen molar-refractivity contribution in [2.75, 3.05) is 13.1 Å². The third-order valence-electron chi connectivity index (χ3n) is 6.00. The molecule has 0 aromatic heterocycles. The van der Waals surface area contributed by atoms with Gasteiger partial charge in [-0.2, -0.15) is 8.42 Å². The fourth-order valence-corrected chi connectivity index (χ4v) is 5.79. The van der Waals surface area contributed by atoms with Crippen LogP contribution in [0.15, 0.2) is 58.5 Å². The van der Waals surface area contributed by atoms with Crippen LogP contribution < -0.4 is 5.32 Å². The zero-order valence-electron chi connectivity index (χ0n) is 18.1. The van der Waals surface area contributed by atoms with Crippen molar-refractivity contribution in [3.8, 4) is 0 Å². The van der Waals surface area contributed by atoms with Gasteiger partial charge < -0.3 is 10.2 Å². The fourth-order valence-electron chi connectivity index (χ4n) is 4.18. The molecule has 8 heteroatoms. The van der Waals surface area contributed by atoms with Crippen molar-refractivity contribution in [1.82, 2.24) is 10.2 Å². The maximum absolute atomic E-state index is 12.8. The first kappa shape index (κ1) is 22.6. The SMILES string of the molecule is CC1=C(c2ccc(Cl)cc2)S(=O)(=O)N=C1N1CCC(C(=O)NCc2ccc(C)cc2)CC1. The number of carbonyl (C=O) groups is 1. The molecule has 0 aliphatic carbocycles. The Morgan fingerprint density at radius 3 is 2.31 bits per heavy atom. The highest BCUT2D eigenvalue weighted by molar-refractivity contribution is 8.00. The summed E-state index contributed by atoms with van der Waals surface area (Å²) in [6.07, 6.45) is 1.31. The number of benzene rings is 2. The number of nitrogens with one attached hydrogen (secondary N) is 1. The second kappa shape index (κ2) is 9.08. The molecular formula is C24H26ClN3O3S. The lowest BCUT2D eigenvalue weighted by Crippen LogP contribution is -2.43. The van der Waals surface area contributed by atoms with Gasteiger partial charge in [0.05, 0.1) is 0 Å². The van der Waals surface area contributed by atoms with Crippen molar-refractivity contribution in [3.63, 3.8) is 0 Å². The van der Waals surface area contributed by atoms with Crippen LogP contribution in [0.4, 0.5) is 0 Å². The first-order valence-corrected chi connectivity index (χ1v) is 12.5. The lowest BCUT2D eigenvalue weighted by Gasteiger charge is -2.32. The molecule has 2 aliphatic heterocycles. The van der Waals surface area contributed by atoms with Gasteiger partial charge in [-0.3, -0.25) is 4.79 Å². The number of amides is 1. The number of sulfonamides is 1. The summed E-state index contributed by atoms with van der Waals surface area (Å²) in [7, 11) is -3.77. The minimum atomic E-state index is -3.77. The Hall–Kier alpha value is -2.64. The number of carbonyl (C=O) groups excluding carboxylic acids is 1. The third kappa shape index (κ3) is 4.74. The summed E-state index contributed by atoms with van der Waals surface area (Å²) in [5.41, 5.74) is 3.47.